The van der Waals surface area contributed by atoms with E-state index in [9.17, 15) is 14.4 Å². The Balaban J connectivity index is 4.52. The molecule has 0 amide bonds. The lowest BCUT2D eigenvalue weighted by atomic mass is 10.1. The Morgan fingerprint density at radius 2 is 0.639 bits per heavy atom. The van der Waals surface area contributed by atoms with E-state index in [1.807, 2.05) is 0 Å². The molecule has 61 heavy (non-hydrogen) atoms. The van der Waals surface area contributed by atoms with E-state index in [0.717, 1.165) is 128 Å². The summed E-state index contributed by atoms with van der Waals surface area (Å²) in [5.41, 5.74) is 0. The van der Waals surface area contributed by atoms with Crippen LogP contribution in [-0.2, 0) is 28.6 Å². The van der Waals surface area contributed by atoms with Crippen molar-refractivity contribution in [2.24, 2.45) is 0 Å². The minimum Gasteiger partial charge on any atom is -0.462 e. The highest BCUT2D eigenvalue weighted by atomic mass is 16.6. The molecule has 0 spiro atoms. The van der Waals surface area contributed by atoms with Gasteiger partial charge in [-0.2, -0.15) is 0 Å². The molecule has 0 aromatic carbocycles. The largest absolute Gasteiger partial charge is 0.462 e. The van der Waals surface area contributed by atoms with Crippen molar-refractivity contribution in [3.63, 3.8) is 0 Å². The molecule has 6 nitrogen and oxygen atoms in total. The molecule has 0 aliphatic heterocycles. The van der Waals surface area contributed by atoms with Crippen molar-refractivity contribution in [3.05, 3.63) is 109 Å². The summed E-state index contributed by atoms with van der Waals surface area (Å²) < 4.78 is 16.7. The first-order valence-electron chi connectivity index (χ1n) is 24.4. The molecule has 0 aliphatic rings. The topological polar surface area (TPSA) is 78.9 Å². The molecule has 0 radical (unpaired) electrons. The monoisotopic (exact) mass is 845 g/mol. The van der Waals surface area contributed by atoms with Crippen molar-refractivity contribution in [1.82, 2.24) is 0 Å². The van der Waals surface area contributed by atoms with Gasteiger partial charge in [0.05, 0.1) is 0 Å². The van der Waals surface area contributed by atoms with E-state index in [4.69, 9.17) is 14.2 Å². The van der Waals surface area contributed by atoms with Gasteiger partial charge in [-0.15, -0.1) is 0 Å². The van der Waals surface area contributed by atoms with Gasteiger partial charge in [0.2, 0.25) is 0 Å². The second-order valence-electron chi connectivity index (χ2n) is 15.6. The van der Waals surface area contributed by atoms with Crippen molar-refractivity contribution in [1.29, 1.82) is 0 Å². The predicted octanol–water partition coefficient (Wildman–Crippen LogP) is 16.0. The molecule has 1 unspecified atom stereocenters. The second kappa shape index (κ2) is 48.7. The van der Waals surface area contributed by atoms with Gasteiger partial charge in [0.25, 0.3) is 0 Å². The van der Waals surface area contributed by atoms with Crippen LogP contribution in [0.4, 0.5) is 0 Å². The summed E-state index contributed by atoms with van der Waals surface area (Å²) in [5.74, 6) is -0.990. The maximum atomic E-state index is 12.8. The normalized spacial score (nSPS) is 13.0. The van der Waals surface area contributed by atoms with Crippen LogP contribution in [0.15, 0.2) is 109 Å². The molecule has 0 rings (SSSR count). The molecular weight excluding hydrogens is 757 g/mol. The molecule has 0 fully saturated rings. The van der Waals surface area contributed by atoms with Gasteiger partial charge in [-0.3, -0.25) is 14.4 Å². The summed E-state index contributed by atoms with van der Waals surface area (Å²) in [6.07, 6.45) is 65.0. The van der Waals surface area contributed by atoms with Gasteiger partial charge in [-0.25, -0.2) is 0 Å². The first-order chi connectivity index (χ1) is 30.0. The van der Waals surface area contributed by atoms with Crippen LogP contribution in [0, 0.1) is 0 Å². The first-order valence-corrected chi connectivity index (χ1v) is 24.4. The highest BCUT2D eigenvalue weighted by Crippen LogP contribution is 2.12. The molecule has 0 N–H and O–H groups in total. The quantitative estimate of drug-likeness (QED) is 0.0264. The highest BCUT2D eigenvalue weighted by molar-refractivity contribution is 5.71. The minimum absolute atomic E-state index is 0.108. The van der Waals surface area contributed by atoms with Gasteiger partial charge >= 0.3 is 17.9 Å². The summed E-state index contributed by atoms with van der Waals surface area (Å²) in [7, 11) is 0. The maximum absolute atomic E-state index is 12.8. The number of hydrogen-bond donors (Lipinski definition) is 0. The Hall–Kier alpha value is -3.93. The number of hydrogen-bond acceptors (Lipinski definition) is 6. The smallest absolute Gasteiger partial charge is 0.306 e. The fourth-order valence-corrected chi connectivity index (χ4v) is 6.11. The molecule has 1 atom stereocenters. The van der Waals surface area contributed by atoms with E-state index in [0.29, 0.717) is 19.3 Å². The third-order valence-electron chi connectivity index (χ3n) is 9.74. The SMILES string of the molecule is CC/C=C\C/C=C\C/C=C\C/C=C\CCCCCC(=O)OCC(COC(=O)CCCCCCC/C=C\CCCC)OC(=O)CCCCC/C=C\C/C=C\C/C=C\C/C=C\CC. The molecule has 6 heteroatoms. The second-order valence-corrected chi connectivity index (χ2v) is 15.6. The Kier molecular flexibility index (Phi) is 45.6. The van der Waals surface area contributed by atoms with Crippen molar-refractivity contribution < 1.29 is 28.6 Å². The van der Waals surface area contributed by atoms with E-state index in [-0.39, 0.29) is 37.5 Å². The summed E-state index contributed by atoms with van der Waals surface area (Å²) >= 11 is 0. The number of carbonyl (C=O) groups excluding carboxylic acids is 3. The molecule has 0 aromatic heterocycles. The maximum Gasteiger partial charge on any atom is 0.306 e. The van der Waals surface area contributed by atoms with Crippen LogP contribution in [0.1, 0.15) is 201 Å². The number of esters is 3. The van der Waals surface area contributed by atoms with Crippen molar-refractivity contribution in [2.45, 2.75) is 207 Å². The zero-order chi connectivity index (χ0) is 44.4. The van der Waals surface area contributed by atoms with Crippen LogP contribution >= 0.6 is 0 Å². The fourth-order valence-electron chi connectivity index (χ4n) is 6.11. The van der Waals surface area contributed by atoms with Crippen LogP contribution in [0.3, 0.4) is 0 Å². The van der Waals surface area contributed by atoms with Crippen LogP contribution in [0.25, 0.3) is 0 Å². The molecule has 0 aliphatic carbocycles. The number of rotatable bonds is 42. The van der Waals surface area contributed by atoms with Crippen molar-refractivity contribution in [3.8, 4) is 0 Å². The predicted molar refractivity (Wildman–Crippen MR) is 260 cm³/mol. The molecule has 0 bridgehead atoms. The Bertz CT molecular complexity index is 1290. The molecule has 0 saturated carbocycles. The van der Waals surface area contributed by atoms with Gasteiger partial charge in [0.1, 0.15) is 13.2 Å². The lowest BCUT2D eigenvalue weighted by Crippen LogP contribution is -2.30. The molecule has 0 heterocycles. The zero-order valence-electron chi connectivity index (χ0n) is 39.1. The number of unbranched alkanes of at least 4 members (excludes halogenated alkanes) is 13. The van der Waals surface area contributed by atoms with E-state index in [1.54, 1.807) is 0 Å². The van der Waals surface area contributed by atoms with Gasteiger partial charge in [0, 0.05) is 19.3 Å². The summed E-state index contributed by atoms with van der Waals surface area (Å²) in [5, 5.41) is 0. The lowest BCUT2D eigenvalue weighted by Gasteiger charge is -2.18. The molecular formula is C55H88O6. The summed E-state index contributed by atoms with van der Waals surface area (Å²) in [4.78, 5) is 37.9. The van der Waals surface area contributed by atoms with E-state index in [2.05, 4.69) is 130 Å². The molecule has 344 valence electrons. The lowest BCUT2D eigenvalue weighted by molar-refractivity contribution is -0.167. The van der Waals surface area contributed by atoms with Crippen molar-refractivity contribution >= 4 is 17.9 Å². The van der Waals surface area contributed by atoms with Crippen LogP contribution in [0.5, 0.6) is 0 Å². The summed E-state index contributed by atoms with van der Waals surface area (Å²) in [6.45, 7) is 6.28. The Morgan fingerprint density at radius 3 is 1.03 bits per heavy atom. The fraction of sp³-hybridized carbons (Fsp3) is 0.618. The third-order valence-corrected chi connectivity index (χ3v) is 9.74. The Morgan fingerprint density at radius 1 is 0.344 bits per heavy atom. The molecule has 0 aromatic rings. The summed E-state index contributed by atoms with van der Waals surface area (Å²) in [6, 6.07) is 0. The van der Waals surface area contributed by atoms with Crippen LogP contribution in [0.2, 0.25) is 0 Å². The van der Waals surface area contributed by atoms with Crippen LogP contribution in [-0.4, -0.2) is 37.2 Å². The number of ether oxygens (including phenoxy) is 3. The van der Waals surface area contributed by atoms with E-state index in [1.165, 1.54) is 25.7 Å². The van der Waals surface area contributed by atoms with E-state index < -0.39 is 6.10 Å². The Labute approximate surface area is 374 Å². The minimum atomic E-state index is -0.812. The van der Waals surface area contributed by atoms with Gasteiger partial charge in [0.15, 0.2) is 6.10 Å². The number of allylic oxidation sites excluding steroid dienone is 18. The standard InChI is InChI=1S/C55H88O6/c1-4-7-10-13-16-19-22-24-26-28-30-33-36-39-42-45-48-54(57)60-51-52(50-59-53(56)47-44-41-38-35-32-21-18-15-12-9-6-3)61-55(58)49-46-43-40-37-34-31-29-27-25-23-20-17-14-11-8-5-2/h7-8,10-11,15-20,24-27,30-31,33-34,52H,4-6,9,12-14,21-23,28-29,32,35-51H2,1-3H3/b10-7-,11-8-,18-15-,19-16-,20-17-,26-24-,27-25-,33-30-,34-31-. The molecule has 0 saturated heterocycles. The van der Waals surface area contributed by atoms with Crippen LogP contribution < -0.4 is 0 Å². The van der Waals surface area contributed by atoms with E-state index >= 15 is 0 Å². The van der Waals surface area contributed by atoms with Gasteiger partial charge in [-0.1, -0.05) is 175 Å². The first kappa shape index (κ1) is 57.1. The van der Waals surface area contributed by atoms with Gasteiger partial charge in [-0.05, 0) is 116 Å². The number of carbonyl (C=O) groups is 3. The average Bonchev–Trinajstić information content (AvgIpc) is 3.26. The van der Waals surface area contributed by atoms with Crippen molar-refractivity contribution in [2.75, 3.05) is 13.2 Å². The zero-order valence-corrected chi connectivity index (χ0v) is 39.1. The third kappa shape index (κ3) is 47.0. The van der Waals surface area contributed by atoms with Gasteiger partial charge < -0.3 is 14.2 Å². The highest BCUT2D eigenvalue weighted by Gasteiger charge is 2.19. The average molecular weight is 845 g/mol.